The summed E-state index contributed by atoms with van der Waals surface area (Å²) in [5.41, 5.74) is 0. The van der Waals surface area contributed by atoms with Crippen LogP contribution in [0.2, 0.25) is 0 Å². The van der Waals surface area contributed by atoms with Crippen LogP contribution in [0.5, 0.6) is 0 Å². The molecule has 0 aromatic heterocycles. The molecule has 0 aliphatic rings. The molecule has 7 nitrogen and oxygen atoms in total. The van der Waals surface area contributed by atoms with E-state index in [2.05, 4.69) is 0 Å². The molecule has 140 valence electrons. The maximum atomic E-state index is 12.5. The fourth-order valence-corrected chi connectivity index (χ4v) is 2.53. The predicted octanol–water partition coefficient (Wildman–Crippen LogP) is 3.42. The van der Waals surface area contributed by atoms with E-state index in [0.717, 1.165) is 0 Å². The van der Waals surface area contributed by atoms with E-state index in [1.807, 2.05) is 41.5 Å². The Morgan fingerprint density at radius 2 is 0.826 bits per heavy atom. The van der Waals surface area contributed by atoms with Gasteiger partial charge in [0, 0.05) is 0 Å². The zero-order valence-electron chi connectivity index (χ0n) is 15.3. The molecule has 0 atom stereocenters. The van der Waals surface area contributed by atoms with E-state index in [0.29, 0.717) is 19.8 Å². The van der Waals surface area contributed by atoms with Gasteiger partial charge in [0.25, 0.3) is 0 Å². The first kappa shape index (κ1) is 23.0. The molecule has 0 aromatic carbocycles. The monoisotopic (exact) mass is 356 g/mol. The van der Waals surface area contributed by atoms with Crippen molar-refractivity contribution in [1.82, 2.24) is 0 Å². The van der Waals surface area contributed by atoms with E-state index < -0.39 is 7.82 Å². The Morgan fingerprint density at radius 1 is 0.565 bits per heavy atom. The Kier molecular flexibility index (Phi) is 13.3. The first-order valence-electron chi connectivity index (χ1n) is 8.13. The smallest absolute Gasteiger partial charge is 0.376 e. The third-order valence-electron chi connectivity index (χ3n) is 2.35. The minimum atomic E-state index is -3.64. The van der Waals surface area contributed by atoms with Crippen molar-refractivity contribution in [3.63, 3.8) is 0 Å². The molecule has 0 spiro atoms. The van der Waals surface area contributed by atoms with Crippen LogP contribution in [0.15, 0.2) is 0 Å². The fraction of sp³-hybridized carbons (Fsp3) is 1.00. The van der Waals surface area contributed by atoms with Gasteiger partial charge in [0.2, 0.25) is 0 Å². The normalized spacial score (nSPS) is 12.7. The van der Waals surface area contributed by atoms with Gasteiger partial charge in [0.05, 0.1) is 58.0 Å². The van der Waals surface area contributed by atoms with Crippen LogP contribution in [0.1, 0.15) is 41.5 Å². The largest absolute Gasteiger partial charge is 0.475 e. The average Bonchev–Trinajstić information content (AvgIpc) is 2.44. The summed E-state index contributed by atoms with van der Waals surface area (Å²) in [4.78, 5) is 0. The first-order chi connectivity index (χ1) is 10.7. The van der Waals surface area contributed by atoms with Crippen LogP contribution in [0, 0.1) is 0 Å². The fourth-order valence-electron chi connectivity index (χ4n) is 1.41. The number of rotatable bonds is 15. The molecule has 0 unspecified atom stereocenters. The van der Waals surface area contributed by atoms with E-state index in [-0.39, 0.29) is 38.1 Å². The van der Waals surface area contributed by atoms with E-state index in [1.165, 1.54) is 0 Å². The van der Waals surface area contributed by atoms with Gasteiger partial charge < -0.3 is 14.2 Å². The summed E-state index contributed by atoms with van der Waals surface area (Å²) in [6.45, 7) is 12.8. The predicted molar refractivity (Wildman–Crippen MR) is 88.7 cm³/mol. The molecular formula is C15H33O7P. The third-order valence-corrected chi connectivity index (χ3v) is 3.85. The summed E-state index contributed by atoms with van der Waals surface area (Å²) in [6, 6.07) is 0. The van der Waals surface area contributed by atoms with Crippen molar-refractivity contribution in [2.24, 2.45) is 0 Å². The number of hydrogen-bond donors (Lipinski definition) is 0. The van der Waals surface area contributed by atoms with Gasteiger partial charge in [-0.15, -0.1) is 0 Å². The summed E-state index contributed by atoms with van der Waals surface area (Å²) >= 11 is 0. The number of phosphoric acid groups is 1. The lowest BCUT2D eigenvalue weighted by Crippen LogP contribution is -2.15. The Labute approximate surface area is 140 Å². The second-order valence-electron chi connectivity index (χ2n) is 5.71. The van der Waals surface area contributed by atoms with Crippen LogP contribution < -0.4 is 0 Å². The van der Waals surface area contributed by atoms with Crippen LogP contribution in [-0.4, -0.2) is 58.0 Å². The molecule has 0 aliphatic heterocycles. The molecule has 8 heteroatoms. The van der Waals surface area contributed by atoms with Crippen LogP contribution in [0.25, 0.3) is 0 Å². The van der Waals surface area contributed by atoms with E-state index in [1.54, 1.807) is 0 Å². The maximum absolute atomic E-state index is 12.5. The van der Waals surface area contributed by atoms with Crippen LogP contribution in [0.3, 0.4) is 0 Å². The van der Waals surface area contributed by atoms with Crippen molar-refractivity contribution < 1.29 is 32.3 Å². The number of phosphoric ester groups is 1. The molecule has 0 saturated carbocycles. The Bertz CT molecular complexity index is 273. The van der Waals surface area contributed by atoms with E-state index >= 15 is 0 Å². The number of hydrogen-bond acceptors (Lipinski definition) is 7. The molecule has 0 aromatic rings. The lowest BCUT2D eigenvalue weighted by molar-refractivity contribution is 0.00864. The summed E-state index contributed by atoms with van der Waals surface area (Å²) in [5.74, 6) is 0. The van der Waals surface area contributed by atoms with Gasteiger partial charge in [-0.2, -0.15) is 0 Å². The molecule has 0 heterocycles. The Hall–Kier alpha value is -0.0100. The highest BCUT2D eigenvalue weighted by Gasteiger charge is 2.26. The van der Waals surface area contributed by atoms with Gasteiger partial charge in [-0.3, -0.25) is 13.6 Å². The topological polar surface area (TPSA) is 72.5 Å². The van der Waals surface area contributed by atoms with Crippen molar-refractivity contribution in [1.29, 1.82) is 0 Å². The highest BCUT2D eigenvalue weighted by Crippen LogP contribution is 2.49. The standard InChI is InChI=1S/C15H33O7P/c1-13(2)17-7-10-20-23(16,21-11-8-18-14(3)4)22-12-9-19-15(5)6/h13-15H,7-12H2,1-6H3. The summed E-state index contributed by atoms with van der Waals surface area (Å²) in [6.07, 6.45) is 0.246. The molecule has 0 saturated heterocycles. The minimum absolute atomic E-state index is 0.0821. The summed E-state index contributed by atoms with van der Waals surface area (Å²) in [5, 5.41) is 0. The van der Waals surface area contributed by atoms with Crippen LogP contribution in [0.4, 0.5) is 0 Å². The summed E-state index contributed by atoms with van der Waals surface area (Å²) < 4.78 is 44.4. The van der Waals surface area contributed by atoms with Crippen molar-refractivity contribution in [2.45, 2.75) is 59.9 Å². The van der Waals surface area contributed by atoms with Crippen molar-refractivity contribution in [2.75, 3.05) is 39.6 Å². The maximum Gasteiger partial charge on any atom is 0.475 e. The first-order valence-corrected chi connectivity index (χ1v) is 9.59. The zero-order chi connectivity index (χ0) is 17.7. The van der Waals surface area contributed by atoms with Crippen LogP contribution >= 0.6 is 7.82 Å². The summed E-state index contributed by atoms with van der Waals surface area (Å²) in [7, 11) is -3.64. The highest BCUT2D eigenvalue weighted by molar-refractivity contribution is 7.48. The van der Waals surface area contributed by atoms with Crippen molar-refractivity contribution >= 4 is 7.82 Å². The van der Waals surface area contributed by atoms with Crippen molar-refractivity contribution in [3.8, 4) is 0 Å². The van der Waals surface area contributed by atoms with E-state index in [4.69, 9.17) is 27.8 Å². The Balaban J connectivity index is 4.19. The lowest BCUT2D eigenvalue weighted by atomic mass is 10.5. The van der Waals surface area contributed by atoms with Gasteiger partial charge in [-0.05, 0) is 41.5 Å². The molecule has 0 radical (unpaired) electrons. The molecule has 0 aliphatic carbocycles. The highest BCUT2D eigenvalue weighted by atomic mass is 31.2. The quantitative estimate of drug-likeness (QED) is 0.329. The second kappa shape index (κ2) is 13.3. The molecule has 0 amide bonds. The molecular weight excluding hydrogens is 323 g/mol. The third kappa shape index (κ3) is 15.3. The zero-order valence-corrected chi connectivity index (χ0v) is 16.2. The Morgan fingerprint density at radius 3 is 1.04 bits per heavy atom. The van der Waals surface area contributed by atoms with Gasteiger partial charge in [0.1, 0.15) is 0 Å². The minimum Gasteiger partial charge on any atom is -0.376 e. The number of ether oxygens (including phenoxy) is 3. The van der Waals surface area contributed by atoms with Gasteiger partial charge in [-0.1, -0.05) is 0 Å². The molecule has 23 heavy (non-hydrogen) atoms. The van der Waals surface area contributed by atoms with E-state index in [9.17, 15) is 4.57 Å². The molecule has 0 bridgehead atoms. The molecule has 0 rings (SSSR count). The lowest BCUT2D eigenvalue weighted by Gasteiger charge is -2.19. The van der Waals surface area contributed by atoms with Gasteiger partial charge in [-0.25, -0.2) is 4.57 Å². The molecule has 0 N–H and O–H groups in total. The average molecular weight is 356 g/mol. The van der Waals surface area contributed by atoms with Gasteiger partial charge in [0.15, 0.2) is 0 Å². The van der Waals surface area contributed by atoms with Crippen LogP contribution in [-0.2, 0) is 32.3 Å². The second-order valence-corrected chi connectivity index (χ2v) is 7.37. The molecule has 0 fully saturated rings. The van der Waals surface area contributed by atoms with Crippen molar-refractivity contribution in [3.05, 3.63) is 0 Å². The van der Waals surface area contributed by atoms with Gasteiger partial charge >= 0.3 is 7.82 Å². The SMILES string of the molecule is CC(C)OCCOP(=O)(OCCOC(C)C)OCCOC(C)C.